The summed E-state index contributed by atoms with van der Waals surface area (Å²) in [5.41, 5.74) is 4.04. The van der Waals surface area contributed by atoms with Crippen molar-refractivity contribution in [3.05, 3.63) is 77.9 Å². The zero-order chi connectivity index (χ0) is 20.0. The van der Waals surface area contributed by atoms with Crippen LogP contribution in [0.1, 0.15) is 55.7 Å². The number of benzene rings is 2. The molecule has 3 rings (SSSR count). The highest BCUT2D eigenvalue weighted by Gasteiger charge is 2.41. The second kappa shape index (κ2) is 9.43. The largest absolute Gasteiger partial charge is 0.493 e. The summed E-state index contributed by atoms with van der Waals surface area (Å²) in [4.78, 5) is 2.56. The lowest BCUT2D eigenvalue weighted by Gasteiger charge is -2.27. The number of rotatable bonds is 9. The van der Waals surface area contributed by atoms with Crippen molar-refractivity contribution in [1.29, 1.82) is 0 Å². The zero-order valence-electron chi connectivity index (χ0n) is 17.8. The van der Waals surface area contributed by atoms with Gasteiger partial charge in [-0.3, -0.25) is 4.90 Å². The van der Waals surface area contributed by atoms with E-state index in [9.17, 15) is 0 Å². The Balaban J connectivity index is 1.76. The van der Waals surface area contributed by atoms with Crippen molar-refractivity contribution >= 4 is 0 Å². The standard InChI is InChI=1S/C26H35NO/c1-5-7-11-16-28-25-17-23(15-14-21(25)3)24-19-27(20-26(24,4)6-2)18-22-12-9-8-10-13-22/h6,8-10,12-15,17,24H,2,5,7,11,16,18-20H2,1,3-4H3. The van der Waals surface area contributed by atoms with E-state index in [4.69, 9.17) is 4.74 Å². The lowest BCUT2D eigenvalue weighted by molar-refractivity contribution is 0.300. The van der Waals surface area contributed by atoms with Gasteiger partial charge in [0.05, 0.1) is 6.61 Å². The SMILES string of the molecule is C=CC1(C)CN(Cc2ccccc2)CC1c1ccc(C)c(OCCCCC)c1. The van der Waals surface area contributed by atoms with Crippen LogP contribution in [0.25, 0.3) is 0 Å². The highest BCUT2D eigenvalue weighted by atomic mass is 16.5. The van der Waals surface area contributed by atoms with Crippen LogP contribution in [0, 0.1) is 12.3 Å². The Hall–Kier alpha value is -2.06. The van der Waals surface area contributed by atoms with Gasteiger partial charge < -0.3 is 4.74 Å². The molecular formula is C26H35NO. The molecular weight excluding hydrogens is 342 g/mol. The molecule has 1 aliphatic rings. The molecule has 2 aromatic rings. The van der Waals surface area contributed by atoms with Gasteiger partial charge in [-0.15, -0.1) is 6.58 Å². The molecule has 150 valence electrons. The molecule has 0 N–H and O–H groups in total. The van der Waals surface area contributed by atoms with Gasteiger partial charge in [-0.25, -0.2) is 0 Å². The molecule has 2 atom stereocenters. The van der Waals surface area contributed by atoms with Gasteiger partial charge in [0.2, 0.25) is 0 Å². The molecule has 0 aliphatic carbocycles. The van der Waals surface area contributed by atoms with E-state index in [1.807, 2.05) is 0 Å². The van der Waals surface area contributed by atoms with E-state index in [1.54, 1.807) is 0 Å². The van der Waals surface area contributed by atoms with Crippen LogP contribution < -0.4 is 4.74 Å². The summed E-state index contributed by atoms with van der Waals surface area (Å²) in [7, 11) is 0. The maximum absolute atomic E-state index is 6.12. The summed E-state index contributed by atoms with van der Waals surface area (Å²) in [6.07, 6.45) is 5.73. The van der Waals surface area contributed by atoms with E-state index in [2.05, 4.69) is 86.9 Å². The second-order valence-electron chi connectivity index (χ2n) is 8.50. The van der Waals surface area contributed by atoms with Gasteiger partial charge in [0, 0.05) is 31.0 Å². The number of likely N-dealkylation sites (tertiary alicyclic amines) is 1. The van der Waals surface area contributed by atoms with Crippen molar-refractivity contribution in [1.82, 2.24) is 4.90 Å². The van der Waals surface area contributed by atoms with Gasteiger partial charge in [0.15, 0.2) is 0 Å². The van der Waals surface area contributed by atoms with Gasteiger partial charge in [-0.05, 0) is 36.1 Å². The Labute approximate surface area is 171 Å². The Morgan fingerprint density at radius 2 is 1.96 bits per heavy atom. The Morgan fingerprint density at radius 3 is 2.68 bits per heavy atom. The van der Waals surface area contributed by atoms with Crippen LogP contribution in [-0.2, 0) is 6.54 Å². The first-order valence-electron chi connectivity index (χ1n) is 10.7. The summed E-state index contributed by atoms with van der Waals surface area (Å²) in [5, 5.41) is 0. The summed E-state index contributed by atoms with van der Waals surface area (Å²) in [6, 6.07) is 17.5. The smallest absolute Gasteiger partial charge is 0.122 e. The first-order chi connectivity index (χ1) is 13.6. The highest BCUT2D eigenvalue weighted by molar-refractivity contribution is 5.40. The van der Waals surface area contributed by atoms with E-state index >= 15 is 0 Å². The fourth-order valence-corrected chi connectivity index (χ4v) is 4.30. The number of hydrogen-bond donors (Lipinski definition) is 0. The molecule has 0 radical (unpaired) electrons. The molecule has 2 nitrogen and oxygen atoms in total. The van der Waals surface area contributed by atoms with Gasteiger partial charge >= 0.3 is 0 Å². The molecule has 2 heteroatoms. The van der Waals surface area contributed by atoms with E-state index in [1.165, 1.54) is 29.5 Å². The van der Waals surface area contributed by atoms with Crippen LogP contribution in [0.15, 0.2) is 61.2 Å². The number of hydrogen-bond acceptors (Lipinski definition) is 2. The molecule has 2 aromatic carbocycles. The van der Waals surface area contributed by atoms with E-state index < -0.39 is 0 Å². The van der Waals surface area contributed by atoms with Gasteiger partial charge in [0.1, 0.15) is 5.75 Å². The topological polar surface area (TPSA) is 12.5 Å². The van der Waals surface area contributed by atoms with E-state index in [-0.39, 0.29) is 5.41 Å². The van der Waals surface area contributed by atoms with Gasteiger partial charge in [-0.2, -0.15) is 0 Å². The molecule has 0 bridgehead atoms. The van der Waals surface area contributed by atoms with Gasteiger partial charge in [0.25, 0.3) is 0 Å². The van der Waals surface area contributed by atoms with Crippen LogP contribution in [0.2, 0.25) is 0 Å². The molecule has 0 amide bonds. The fraction of sp³-hybridized carbons (Fsp3) is 0.462. The maximum atomic E-state index is 6.12. The summed E-state index contributed by atoms with van der Waals surface area (Å²) < 4.78 is 6.12. The molecule has 28 heavy (non-hydrogen) atoms. The second-order valence-corrected chi connectivity index (χ2v) is 8.50. The monoisotopic (exact) mass is 377 g/mol. The number of nitrogens with zero attached hydrogens (tertiary/aromatic N) is 1. The van der Waals surface area contributed by atoms with Crippen molar-refractivity contribution in [3.63, 3.8) is 0 Å². The lowest BCUT2D eigenvalue weighted by Crippen LogP contribution is -2.24. The first kappa shape index (κ1) is 20.7. The van der Waals surface area contributed by atoms with E-state index in [0.29, 0.717) is 5.92 Å². The molecule has 0 aromatic heterocycles. The molecule has 1 saturated heterocycles. The Kier molecular flexibility index (Phi) is 6.96. The van der Waals surface area contributed by atoms with Crippen LogP contribution in [-0.4, -0.2) is 24.6 Å². The molecule has 1 fully saturated rings. The summed E-state index contributed by atoms with van der Waals surface area (Å²) >= 11 is 0. The van der Waals surface area contributed by atoms with Crippen LogP contribution in [0.5, 0.6) is 5.75 Å². The third kappa shape index (κ3) is 4.86. The predicted octanol–water partition coefficient (Wildman–Crippen LogP) is 6.36. The van der Waals surface area contributed by atoms with Crippen molar-refractivity contribution in [2.45, 2.75) is 52.5 Å². The molecule has 0 saturated carbocycles. The molecule has 2 unspecified atom stereocenters. The number of unbranched alkanes of at least 4 members (excludes halogenated alkanes) is 2. The maximum Gasteiger partial charge on any atom is 0.122 e. The van der Waals surface area contributed by atoms with Crippen LogP contribution >= 0.6 is 0 Å². The normalized spacial score (nSPS) is 22.3. The van der Waals surface area contributed by atoms with Crippen molar-refractivity contribution in [2.75, 3.05) is 19.7 Å². The molecule has 1 heterocycles. The third-order valence-electron chi connectivity index (χ3n) is 6.14. The lowest BCUT2D eigenvalue weighted by atomic mass is 9.76. The first-order valence-corrected chi connectivity index (χ1v) is 10.7. The Bertz CT molecular complexity index is 769. The fourth-order valence-electron chi connectivity index (χ4n) is 4.30. The summed E-state index contributed by atoms with van der Waals surface area (Å²) in [5.74, 6) is 1.48. The van der Waals surface area contributed by atoms with Crippen LogP contribution in [0.4, 0.5) is 0 Å². The minimum Gasteiger partial charge on any atom is -0.493 e. The van der Waals surface area contributed by atoms with E-state index in [0.717, 1.165) is 38.4 Å². The third-order valence-corrected chi connectivity index (χ3v) is 6.14. The highest BCUT2D eigenvalue weighted by Crippen LogP contribution is 2.45. The minimum atomic E-state index is 0.0729. The summed E-state index contributed by atoms with van der Waals surface area (Å²) in [6.45, 7) is 14.8. The Morgan fingerprint density at radius 1 is 1.18 bits per heavy atom. The molecule has 0 spiro atoms. The average Bonchev–Trinajstić information content (AvgIpc) is 3.04. The van der Waals surface area contributed by atoms with Gasteiger partial charge in [-0.1, -0.05) is 75.2 Å². The quantitative estimate of drug-likeness (QED) is 0.372. The number of ether oxygens (including phenoxy) is 1. The number of aryl methyl sites for hydroxylation is 1. The van der Waals surface area contributed by atoms with Crippen molar-refractivity contribution in [3.8, 4) is 5.75 Å². The van der Waals surface area contributed by atoms with Crippen LogP contribution in [0.3, 0.4) is 0 Å². The zero-order valence-corrected chi connectivity index (χ0v) is 17.8. The van der Waals surface area contributed by atoms with Crippen molar-refractivity contribution < 1.29 is 4.74 Å². The molecule has 1 aliphatic heterocycles. The average molecular weight is 378 g/mol. The van der Waals surface area contributed by atoms with Crippen molar-refractivity contribution in [2.24, 2.45) is 5.41 Å². The minimum absolute atomic E-state index is 0.0729. The predicted molar refractivity (Wildman–Crippen MR) is 119 cm³/mol.